The lowest BCUT2D eigenvalue weighted by molar-refractivity contribution is 0.929. The Balaban J connectivity index is 1.79. The summed E-state index contributed by atoms with van der Waals surface area (Å²) in [5.74, 6) is 0.641. The molecule has 0 fully saturated rings. The molecule has 0 atom stereocenters. The van der Waals surface area contributed by atoms with E-state index in [1.807, 2.05) is 62.6 Å². The molecule has 118 valence electrons. The summed E-state index contributed by atoms with van der Waals surface area (Å²) in [7, 11) is 0. The van der Waals surface area contributed by atoms with Crippen molar-refractivity contribution in [1.82, 2.24) is 24.3 Å². The Morgan fingerprint density at radius 3 is 2.67 bits per heavy atom. The highest BCUT2D eigenvalue weighted by Gasteiger charge is 2.14. The summed E-state index contributed by atoms with van der Waals surface area (Å²) in [5, 5.41) is 1.79. The van der Waals surface area contributed by atoms with E-state index in [0.29, 0.717) is 5.82 Å². The van der Waals surface area contributed by atoms with Crippen molar-refractivity contribution in [3.8, 4) is 11.5 Å². The third-order valence-electron chi connectivity index (χ3n) is 3.83. The number of hydrogen-bond acceptors (Lipinski definition) is 5. The van der Waals surface area contributed by atoms with Crippen LogP contribution in [0.3, 0.4) is 0 Å². The van der Waals surface area contributed by atoms with Crippen LogP contribution < -0.4 is 0 Å². The first-order valence-electron chi connectivity index (χ1n) is 7.59. The number of imidazole rings is 1. The normalized spacial score (nSPS) is 11.1. The van der Waals surface area contributed by atoms with Crippen molar-refractivity contribution in [3.05, 3.63) is 66.2 Å². The van der Waals surface area contributed by atoms with Crippen LogP contribution >= 0.6 is 11.8 Å². The first-order valence-corrected chi connectivity index (χ1v) is 8.40. The SMILES string of the molecule is Cc1nc(-c2ccccn2)nc(Sc2ncc3ccccn23)c1C. The zero-order chi connectivity index (χ0) is 16.5. The highest BCUT2D eigenvalue weighted by atomic mass is 32.2. The quantitative estimate of drug-likeness (QED) is 0.531. The number of aryl methyl sites for hydroxylation is 1. The second-order valence-electron chi connectivity index (χ2n) is 5.42. The maximum Gasteiger partial charge on any atom is 0.179 e. The molecule has 24 heavy (non-hydrogen) atoms. The van der Waals surface area contributed by atoms with Crippen molar-refractivity contribution in [3.63, 3.8) is 0 Å². The fourth-order valence-electron chi connectivity index (χ4n) is 2.39. The Bertz CT molecular complexity index is 1010. The van der Waals surface area contributed by atoms with Gasteiger partial charge in [-0.2, -0.15) is 0 Å². The molecular formula is C18H15N5S. The van der Waals surface area contributed by atoms with Gasteiger partial charge in [-0.1, -0.05) is 12.1 Å². The minimum atomic E-state index is 0.641. The Hall–Kier alpha value is -2.73. The molecule has 5 nitrogen and oxygen atoms in total. The van der Waals surface area contributed by atoms with E-state index >= 15 is 0 Å². The lowest BCUT2D eigenvalue weighted by atomic mass is 10.2. The summed E-state index contributed by atoms with van der Waals surface area (Å²) in [5.41, 5.74) is 3.85. The van der Waals surface area contributed by atoms with E-state index in [0.717, 1.165) is 32.7 Å². The molecule has 0 aromatic carbocycles. The van der Waals surface area contributed by atoms with E-state index in [1.165, 1.54) is 0 Å². The van der Waals surface area contributed by atoms with Gasteiger partial charge in [-0.3, -0.25) is 9.38 Å². The molecule has 4 rings (SSSR count). The molecule has 0 bridgehead atoms. The number of fused-ring (bicyclic) bond motifs is 1. The van der Waals surface area contributed by atoms with Gasteiger partial charge in [0, 0.05) is 23.7 Å². The molecule has 6 heteroatoms. The molecule has 4 aromatic rings. The van der Waals surface area contributed by atoms with Gasteiger partial charge in [0.1, 0.15) is 10.7 Å². The van der Waals surface area contributed by atoms with Crippen LogP contribution in [-0.4, -0.2) is 24.3 Å². The van der Waals surface area contributed by atoms with Crippen molar-refractivity contribution in [1.29, 1.82) is 0 Å². The Morgan fingerprint density at radius 2 is 1.83 bits per heavy atom. The van der Waals surface area contributed by atoms with Gasteiger partial charge in [0.15, 0.2) is 11.0 Å². The summed E-state index contributed by atoms with van der Waals surface area (Å²) < 4.78 is 2.06. The van der Waals surface area contributed by atoms with Crippen molar-refractivity contribution in [2.75, 3.05) is 0 Å². The largest absolute Gasteiger partial charge is 0.295 e. The maximum absolute atomic E-state index is 4.72. The van der Waals surface area contributed by atoms with Crippen LogP contribution in [-0.2, 0) is 0 Å². The second kappa shape index (κ2) is 6.05. The van der Waals surface area contributed by atoms with Crippen molar-refractivity contribution < 1.29 is 0 Å². The van der Waals surface area contributed by atoms with Gasteiger partial charge in [-0.15, -0.1) is 0 Å². The molecule has 4 heterocycles. The third-order valence-corrected chi connectivity index (χ3v) is 4.91. The Kier molecular flexibility index (Phi) is 3.74. The highest BCUT2D eigenvalue weighted by molar-refractivity contribution is 7.99. The second-order valence-corrected chi connectivity index (χ2v) is 6.37. The van der Waals surface area contributed by atoms with Gasteiger partial charge in [0.05, 0.1) is 11.7 Å². The van der Waals surface area contributed by atoms with Gasteiger partial charge >= 0.3 is 0 Å². The van der Waals surface area contributed by atoms with Crippen LogP contribution in [0.15, 0.2) is 65.2 Å². The van der Waals surface area contributed by atoms with Crippen LogP contribution in [0.2, 0.25) is 0 Å². The molecule has 0 amide bonds. The lowest BCUT2D eigenvalue weighted by Gasteiger charge is -2.09. The van der Waals surface area contributed by atoms with Gasteiger partial charge in [-0.05, 0) is 49.9 Å². The van der Waals surface area contributed by atoms with Gasteiger partial charge in [-0.25, -0.2) is 15.0 Å². The molecule has 0 aliphatic heterocycles. The molecule has 0 N–H and O–H groups in total. The van der Waals surface area contributed by atoms with E-state index in [4.69, 9.17) is 4.98 Å². The summed E-state index contributed by atoms with van der Waals surface area (Å²) in [6.45, 7) is 4.03. The van der Waals surface area contributed by atoms with E-state index in [-0.39, 0.29) is 0 Å². The first kappa shape index (κ1) is 14.8. The van der Waals surface area contributed by atoms with Crippen LogP contribution in [0.1, 0.15) is 11.3 Å². The standard InChI is InChI=1S/C18H15N5S/c1-12-13(2)21-16(15-8-3-5-9-19-15)22-17(12)24-18-20-11-14-7-4-6-10-23(14)18/h3-11H,1-2H3. The van der Waals surface area contributed by atoms with Crippen molar-refractivity contribution >= 4 is 17.3 Å². The average Bonchev–Trinajstić information content (AvgIpc) is 3.03. The van der Waals surface area contributed by atoms with Gasteiger partial charge in [0.2, 0.25) is 0 Å². The van der Waals surface area contributed by atoms with Gasteiger partial charge in [0.25, 0.3) is 0 Å². The van der Waals surface area contributed by atoms with Crippen LogP contribution in [0.5, 0.6) is 0 Å². The third kappa shape index (κ3) is 2.65. The molecule has 4 aromatic heterocycles. The number of pyridine rings is 2. The van der Waals surface area contributed by atoms with E-state index in [2.05, 4.69) is 19.4 Å². The Labute approximate surface area is 143 Å². The fraction of sp³-hybridized carbons (Fsp3) is 0.111. The maximum atomic E-state index is 4.72. The van der Waals surface area contributed by atoms with Gasteiger partial charge < -0.3 is 0 Å². The minimum absolute atomic E-state index is 0.641. The molecule has 0 aliphatic carbocycles. The number of nitrogens with zero attached hydrogens (tertiary/aromatic N) is 5. The van der Waals surface area contributed by atoms with Crippen LogP contribution in [0, 0.1) is 13.8 Å². The predicted molar refractivity (Wildman–Crippen MR) is 94.1 cm³/mol. The topological polar surface area (TPSA) is 56.0 Å². The lowest BCUT2D eigenvalue weighted by Crippen LogP contribution is -2.00. The number of aromatic nitrogens is 5. The molecule has 0 aliphatic rings. The zero-order valence-electron chi connectivity index (χ0n) is 13.3. The zero-order valence-corrected chi connectivity index (χ0v) is 14.2. The van der Waals surface area contributed by atoms with Crippen molar-refractivity contribution in [2.45, 2.75) is 24.0 Å². The minimum Gasteiger partial charge on any atom is -0.295 e. The van der Waals surface area contributed by atoms with Crippen molar-refractivity contribution in [2.24, 2.45) is 0 Å². The first-order chi connectivity index (χ1) is 11.7. The van der Waals surface area contributed by atoms with Crippen LogP contribution in [0.4, 0.5) is 0 Å². The monoisotopic (exact) mass is 333 g/mol. The van der Waals surface area contributed by atoms with E-state index in [9.17, 15) is 0 Å². The Morgan fingerprint density at radius 1 is 0.958 bits per heavy atom. The smallest absolute Gasteiger partial charge is 0.179 e. The molecular weight excluding hydrogens is 318 g/mol. The number of hydrogen-bond donors (Lipinski definition) is 0. The van der Waals surface area contributed by atoms with E-state index < -0.39 is 0 Å². The van der Waals surface area contributed by atoms with Crippen LogP contribution in [0.25, 0.3) is 17.0 Å². The summed E-state index contributed by atoms with van der Waals surface area (Å²) in [6, 6.07) is 11.8. The summed E-state index contributed by atoms with van der Waals surface area (Å²) in [4.78, 5) is 18.2. The molecule has 0 unspecified atom stereocenters. The molecule has 0 spiro atoms. The molecule has 0 saturated heterocycles. The predicted octanol–water partition coefficient (Wildman–Crippen LogP) is 3.95. The summed E-state index contributed by atoms with van der Waals surface area (Å²) >= 11 is 1.55. The molecule has 0 radical (unpaired) electrons. The van der Waals surface area contributed by atoms with E-state index in [1.54, 1.807) is 18.0 Å². The highest BCUT2D eigenvalue weighted by Crippen LogP contribution is 2.30. The fourth-order valence-corrected chi connectivity index (χ4v) is 3.37. The number of rotatable bonds is 3. The summed E-state index contributed by atoms with van der Waals surface area (Å²) in [6.07, 6.45) is 5.63. The average molecular weight is 333 g/mol. The molecule has 0 saturated carbocycles.